The van der Waals surface area contributed by atoms with Gasteiger partial charge in [0, 0.05) is 29.9 Å². The number of aliphatic hydroxyl groups is 1. The number of rotatable bonds is 5. The molecule has 3 atom stereocenters. The summed E-state index contributed by atoms with van der Waals surface area (Å²) in [4.78, 5) is 4.45. The van der Waals surface area contributed by atoms with Gasteiger partial charge in [-0.2, -0.15) is 5.26 Å². The third-order valence-electron chi connectivity index (χ3n) is 7.19. The van der Waals surface area contributed by atoms with Gasteiger partial charge >= 0.3 is 0 Å². The Balaban J connectivity index is 1.26. The van der Waals surface area contributed by atoms with E-state index in [2.05, 4.69) is 11.1 Å². The van der Waals surface area contributed by atoms with E-state index >= 15 is 0 Å². The Bertz CT molecular complexity index is 1530. The molecule has 2 bridgehead atoms. The van der Waals surface area contributed by atoms with Crippen LogP contribution in [-0.4, -0.2) is 28.1 Å². The van der Waals surface area contributed by atoms with Crippen LogP contribution in [0, 0.1) is 17.1 Å². The zero-order valence-electron chi connectivity index (χ0n) is 20.4. The van der Waals surface area contributed by atoms with Crippen molar-refractivity contribution in [3.63, 3.8) is 0 Å². The first kappa shape index (κ1) is 23.6. The van der Waals surface area contributed by atoms with Crippen LogP contribution in [0.3, 0.4) is 0 Å². The van der Waals surface area contributed by atoms with E-state index < -0.39 is 23.3 Å². The summed E-state index contributed by atoms with van der Waals surface area (Å²) in [6.07, 6.45) is 2.89. The lowest BCUT2D eigenvalue weighted by Crippen LogP contribution is -2.42. The van der Waals surface area contributed by atoms with Gasteiger partial charge in [-0.1, -0.05) is 12.1 Å². The van der Waals surface area contributed by atoms with Crippen molar-refractivity contribution in [3.8, 4) is 22.9 Å². The van der Waals surface area contributed by atoms with Crippen molar-refractivity contribution in [1.82, 2.24) is 4.98 Å². The van der Waals surface area contributed by atoms with E-state index in [4.69, 9.17) is 18.6 Å². The fraction of sp³-hybridized carbons (Fsp3) is 0.310. The Morgan fingerprint density at radius 2 is 2.03 bits per heavy atom. The molecule has 0 saturated carbocycles. The molecule has 2 fully saturated rings. The van der Waals surface area contributed by atoms with Gasteiger partial charge in [0.25, 0.3) is 0 Å². The third-order valence-corrected chi connectivity index (χ3v) is 7.19. The Hall–Kier alpha value is -3.77. The molecule has 2 aromatic heterocycles. The Kier molecular flexibility index (Phi) is 5.53. The number of benzene rings is 2. The van der Waals surface area contributed by atoms with E-state index in [1.807, 2.05) is 38.1 Å². The van der Waals surface area contributed by atoms with Crippen molar-refractivity contribution in [3.05, 3.63) is 83.7 Å². The van der Waals surface area contributed by atoms with E-state index in [1.165, 1.54) is 12.1 Å². The Labute approximate surface area is 213 Å². The monoisotopic (exact) mass is 500 g/mol. The van der Waals surface area contributed by atoms with Crippen molar-refractivity contribution in [2.75, 3.05) is 0 Å². The summed E-state index contributed by atoms with van der Waals surface area (Å²) in [5, 5.41) is 21.8. The predicted molar refractivity (Wildman–Crippen MR) is 132 cm³/mol. The number of nitrogens with zero attached hydrogens (tertiary/aromatic N) is 2. The minimum Gasteiger partial charge on any atom is -0.489 e. The first-order chi connectivity index (χ1) is 17.7. The van der Waals surface area contributed by atoms with E-state index in [0.29, 0.717) is 28.9 Å². The number of halogens is 1. The average molecular weight is 501 g/mol. The lowest BCUT2D eigenvalue weighted by Gasteiger charge is -2.36. The van der Waals surface area contributed by atoms with Crippen molar-refractivity contribution in [2.45, 2.75) is 56.9 Å². The molecule has 37 heavy (non-hydrogen) atoms. The topological polar surface area (TPSA) is 97.7 Å². The summed E-state index contributed by atoms with van der Waals surface area (Å²) in [6, 6.07) is 15.7. The average Bonchev–Trinajstić information content (AvgIpc) is 3.47. The molecule has 2 saturated heterocycles. The normalized spacial score (nSPS) is 24.2. The quantitative estimate of drug-likeness (QED) is 0.382. The second kappa shape index (κ2) is 8.67. The van der Waals surface area contributed by atoms with E-state index in [1.54, 1.807) is 24.7 Å². The van der Waals surface area contributed by atoms with Gasteiger partial charge < -0.3 is 23.7 Å². The first-order valence-corrected chi connectivity index (χ1v) is 12.1. The van der Waals surface area contributed by atoms with Gasteiger partial charge in [-0.3, -0.25) is 0 Å². The van der Waals surface area contributed by atoms with Crippen LogP contribution in [-0.2, 0) is 21.7 Å². The van der Waals surface area contributed by atoms with Gasteiger partial charge in [0.1, 0.15) is 29.9 Å². The largest absolute Gasteiger partial charge is 0.489 e. The number of aromatic nitrogens is 1. The van der Waals surface area contributed by atoms with Crippen molar-refractivity contribution < 1.29 is 28.1 Å². The molecule has 0 amide bonds. The Morgan fingerprint density at radius 3 is 2.78 bits per heavy atom. The maximum Gasteiger partial charge on any atom is 0.162 e. The van der Waals surface area contributed by atoms with Crippen LogP contribution in [0.5, 0.6) is 5.75 Å². The lowest BCUT2D eigenvalue weighted by atomic mass is 9.81. The standard InChI is InChI=1S/C29H25FN2O5/c1-28(2)26-12-29(33,13-27(36-26)37-28)19-8-20(30)10-22(9-19)35-15-17-3-4-23-24(18-5-6-34-16-18)11-21(14-31)32-25(23)7-17/h3-11,16,26-27,33H,12-13,15H2,1-2H3/t26-,27-,29-/m0/s1. The minimum atomic E-state index is -1.29. The maximum atomic E-state index is 14.6. The van der Waals surface area contributed by atoms with Crippen molar-refractivity contribution in [2.24, 2.45) is 0 Å². The summed E-state index contributed by atoms with van der Waals surface area (Å²) in [5.41, 5.74) is 2.08. The molecule has 4 heterocycles. The number of hydrogen-bond donors (Lipinski definition) is 1. The summed E-state index contributed by atoms with van der Waals surface area (Å²) < 4.78 is 37.5. The number of nitriles is 1. The van der Waals surface area contributed by atoms with Crippen molar-refractivity contribution in [1.29, 1.82) is 5.26 Å². The van der Waals surface area contributed by atoms with Crippen LogP contribution in [0.1, 0.15) is 43.5 Å². The summed E-state index contributed by atoms with van der Waals surface area (Å²) in [6.45, 7) is 4.01. The van der Waals surface area contributed by atoms with Gasteiger partial charge in [0.05, 0.1) is 35.3 Å². The van der Waals surface area contributed by atoms with Gasteiger partial charge in [0.15, 0.2) is 6.29 Å². The second-order valence-electron chi connectivity index (χ2n) is 10.2. The summed E-state index contributed by atoms with van der Waals surface area (Å²) >= 11 is 0. The molecule has 2 aromatic carbocycles. The SMILES string of the molecule is CC1(C)O[C@H]2C[C@](O)(c3cc(F)cc(OCc4ccc5c(-c6ccoc6)cc(C#N)nc5c4)c3)C[C@@H]1O2. The van der Waals surface area contributed by atoms with Gasteiger partial charge in [-0.15, -0.1) is 0 Å². The molecule has 2 aliphatic rings. The fourth-order valence-corrected chi connectivity index (χ4v) is 5.23. The first-order valence-electron chi connectivity index (χ1n) is 12.1. The van der Waals surface area contributed by atoms with E-state index in [9.17, 15) is 14.8 Å². The van der Waals surface area contributed by atoms with Crippen LogP contribution >= 0.6 is 0 Å². The van der Waals surface area contributed by atoms with Crippen LogP contribution < -0.4 is 4.74 Å². The maximum absolute atomic E-state index is 14.6. The van der Waals surface area contributed by atoms with Gasteiger partial charge in [-0.05, 0) is 60.9 Å². The second-order valence-corrected chi connectivity index (χ2v) is 10.2. The fourth-order valence-electron chi connectivity index (χ4n) is 5.23. The number of fused-ring (bicyclic) bond motifs is 3. The minimum absolute atomic E-state index is 0.154. The molecule has 4 aromatic rings. The summed E-state index contributed by atoms with van der Waals surface area (Å²) in [7, 11) is 0. The molecular formula is C29H25FN2O5. The van der Waals surface area contributed by atoms with Crippen LogP contribution in [0.25, 0.3) is 22.0 Å². The highest BCUT2D eigenvalue weighted by Gasteiger charge is 2.53. The molecular weight excluding hydrogens is 475 g/mol. The molecule has 1 N–H and O–H groups in total. The molecule has 188 valence electrons. The zero-order valence-corrected chi connectivity index (χ0v) is 20.4. The molecule has 6 rings (SSSR count). The molecule has 0 radical (unpaired) electrons. The highest BCUT2D eigenvalue weighted by molar-refractivity contribution is 5.95. The lowest BCUT2D eigenvalue weighted by molar-refractivity contribution is -0.161. The molecule has 0 aliphatic carbocycles. The number of hydrogen-bond acceptors (Lipinski definition) is 7. The molecule has 0 unspecified atom stereocenters. The van der Waals surface area contributed by atoms with Crippen LogP contribution in [0.15, 0.2) is 65.5 Å². The Morgan fingerprint density at radius 1 is 1.16 bits per heavy atom. The zero-order chi connectivity index (χ0) is 25.8. The van der Waals surface area contributed by atoms with Crippen LogP contribution in [0.2, 0.25) is 0 Å². The van der Waals surface area contributed by atoms with E-state index in [0.717, 1.165) is 22.1 Å². The molecule has 2 aliphatic heterocycles. The van der Waals surface area contributed by atoms with Crippen molar-refractivity contribution >= 4 is 10.9 Å². The third kappa shape index (κ3) is 4.36. The molecule has 0 spiro atoms. The molecule has 8 heteroatoms. The van der Waals surface area contributed by atoms with Gasteiger partial charge in [-0.25, -0.2) is 9.37 Å². The highest BCUT2D eigenvalue weighted by Crippen LogP contribution is 2.47. The van der Waals surface area contributed by atoms with Crippen LogP contribution in [0.4, 0.5) is 4.39 Å². The number of ether oxygens (including phenoxy) is 3. The van der Waals surface area contributed by atoms with E-state index in [-0.39, 0.29) is 19.1 Å². The summed E-state index contributed by atoms with van der Waals surface area (Å²) in [5.74, 6) is -0.191. The number of furan rings is 1. The highest BCUT2D eigenvalue weighted by atomic mass is 19.1. The number of pyridine rings is 1. The van der Waals surface area contributed by atoms with Gasteiger partial charge in [0.2, 0.25) is 0 Å². The smallest absolute Gasteiger partial charge is 0.162 e. The molecule has 7 nitrogen and oxygen atoms in total. The predicted octanol–water partition coefficient (Wildman–Crippen LogP) is 5.59.